The fourth-order valence-corrected chi connectivity index (χ4v) is 2.37. The number of likely N-dealkylation sites (tertiary alicyclic amines) is 1. The van der Waals surface area contributed by atoms with Crippen molar-refractivity contribution in [3.8, 4) is 5.75 Å². The van der Waals surface area contributed by atoms with E-state index in [1.165, 1.54) is 18.2 Å². The summed E-state index contributed by atoms with van der Waals surface area (Å²) >= 11 is 5.63. The zero-order valence-corrected chi connectivity index (χ0v) is 12.1. The highest BCUT2D eigenvalue weighted by molar-refractivity contribution is 6.30. The Balaban J connectivity index is 1.77. The molecular weight excluding hydrogens is 299 g/mol. The third kappa shape index (κ3) is 4.07. The molecule has 1 atom stereocenters. The molecule has 5 nitrogen and oxygen atoms in total. The summed E-state index contributed by atoms with van der Waals surface area (Å²) in [6, 6.07) is 4.02. The van der Waals surface area contributed by atoms with Crippen LogP contribution in [-0.4, -0.2) is 36.4 Å². The van der Waals surface area contributed by atoms with E-state index in [1.807, 2.05) is 0 Å². The van der Waals surface area contributed by atoms with Gasteiger partial charge in [-0.15, -0.1) is 0 Å². The lowest BCUT2D eigenvalue weighted by molar-refractivity contribution is -0.131. The second-order valence-electron chi connectivity index (χ2n) is 4.90. The fraction of sp³-hybridized carbons (Fsp3) is 0.429. The van der Waals surface area contributed by atoms with Gasteiger partial charge in [0.1, 0.15) is 11.6 Å². The number of primary amides is 1. The number of rotatable bonds is 5. The van der Waals surface area contributed by atoms with Crippen LogP contribution < -0.4 is 10.5 Å². The Morgan fingerprint density at radius 1 is 1.48 bits per heavy atom. The molecular formula is C14H16ClFN2O3. The zero-order valence-electron chi connectivity index (χ0n) is 11.4. The Kier molecular flexibility index (Phi) is 5.01. The lowest BCUT2D eigenvalue weighted by atomic mass is 10.1. The molecule has 1 aromatic rings. The van der Waals surface area contributed by atoms with Gasteiger partial charge in [0, 0.05) is 19.2 Å². The minimum Gasteiger partial charge on any atom is -0.493 e. The number of halogens is 2. The van der Waals surface area contributed by atoms with E-state index in [4.69, 9.17) is 22.1 Å². The number of hydrogen-bond donors (Lipinski definition) is 1. The van der Waals surface area contributed by atoms with Gasteiger partial charge in [-0.25, -0.2) is 4.39 Å². The number of amides is 2. The smallest absolute Gasteiger partial charge is 0.226 e. The predicted octanol–water partition coefficient (Wildman–Crippen LogP) is 1.58. The van der Waals surface area contributed by atoms with E-state index in [0.29, 0.717) is 25.3 Å². The van der Waals surface area contributed by atoms with Gasteiger partial charge in [-0.1, -0.05) is 11.6 Å². The lowest BCUT2D eigenvalue weighted by Crippen LogP contribution is -2.32. The Morgan fingerprint density at radius 2 is 2.24 bits per heavy atom. The van der Waals surface area contributed by atoms with Crippen LogP contribution in [0.5, 0.6) is 5.75 Å². The van der Waals surface area contributed by atoms with Crippen LogP contribution >= 0.6 is 11.6 Å². The maximum absolute atomic E-state index is 13.0. The summed E-state index contributed by atoms with van der Waals surface area (Å²) in [5.41, 5.74) is 5.22. The number of carbonyl (C=O) groups is 2. The van der Waals surface area contributed by atoms with Crippen LogP contribution in [0.2, 0.25) is 5.02 Å². The highest BCUT2D eigenvalue weighted by atomic mass is 35.5. The van der Waals surface area contributed by atoms with E-state index in [-0.39, 0.29) is 35.8 Å². The van der Waals surface area contributed by atoms with Crippen LogP contribution in [0.1, 0.15) is 12.8 Å². The number of ether oxygens (including phenoxy) is 1. The minimum absolute atomic E-state index is 0.0253. The summed E-state index contributed by atoms with van der Waals surface area (Å²) in [4.78, 5) is 24.6. The van der Waals surface area contributed by atoms with Gasteiger partial charge in [0.15, 0.2) is 0 Å². The topological polar surface area (TPSA) is 72.6 Å². The van der Waals surface area contributed by atoms with Gasteiger partial charge in [0.25, 0.3) is 0 Å². The van der Waals surface area contributed by atoms with Crippen molar-refractivity contribution in [2.45, 2.75) is 12.8 Å². The molecule has 0 spiro atoms. The molecule has 0 radical (unpaired) electrons. The van der Waals surface area contributed by atoms with Crippen LogP contribution in [0.4, 0.5) is 4.39 Å². The van der Waals surface area contributed by atoms with Crippen molar-refractivity contribution in [2.75, 3.05) is 19.7 Å². The van der Waals surface area contributed by atoms with Gasteiger partial charge in [0.05, 0.1) is 24.0 Å². The summed E-state index contributed by atoms with van der Waals surface area (Å²) < 4.78 is 18.3. The summed E-state index contributed by atoms with van der Waals surface area (Å²) in [6.07, 6.45) is 0.788. The summed E-state index contributed by atoms with van der Waals surface area (Å²) in [5.74, 6) is -0.833. The number of benzene rings is 1. The SMILES string of the molecule is NC(=O)[C@H]1CCN(C(=O)CCOc2ccc(F)c(Cl)c2)C1. The molecule has 2 amide bonds. The van der Waals surface area contributed by atoms with E-state index in [0.717, 1.165) is 0 Å². The van der Waals surface area contributed by atoms with Crippen molar-refractivity contribution < 1.29 is 18.7 Å². The van der Waals surface area contributed by atoms with Crippen molar-refractivity contribution in [1.29, 1.82) is 0 Å². The highest BCUT2D eigenvalue weighted by Crippen LogP contribution is 2.21. The van der Waals surface area contributed by atoms with Crippen molar-refractivity contribution >= 4 is 23.4 Å². The first kappa shape index (κ1) is 15.6. The molecule has 2 N–H and O–H groups in total. The van der Waals surface area contributed by atoms with Gasteiger partial charge in [0.2, 0.25) is 11.8 Å². The standard InChI is InChI=1S/C14H16ClFN2O3/c15-11-7-10(1-2-12(11)16)21-6-4-13(19)18-5-3-9(8-18)14(17)20/h1-2,7,9H,3-6,8H2,(H2,17,20)/t9-/m0/s1. The second kappa shape index (κ2) is 6.76. The Hall–Kier alpha value is -1.82. The highest BCUT2D eigenvalue weighted by Gasteiger charge is 2.29. The second-order valence-corrected chi connectivity index (χ2v) is 5.31. The molecule has 7 heteroatoms. The number of hydrogen-bond acceptors (Lipinski definition) is 3. The third-order valence-corrected chi connectivity index (χ3v) is 3.71. The Morgan fingerprint density at radius 3 is 2.86 bits per heavy atom. The first-order chi connectivity index (χ1) is 9.97. The first-order valence-electron chi connectivity index (χ1n) is 6.62. The summed E-state index contributed by atoms with van der Waals surface area (Å²) in [6.45, 7) is 1.07. The number of carbonyl (C=O) groups excluding carboxylic acids is 2. The maximum Gasteiger partial charge on any atom is 0.226 e. The largest absolute Gasteiger partial charge is 0.493 e. The molecule has 0 saturated carbocycles. The van der Waals surface area contributed by atoms with Crippen molar-refractivity contribution in [2.24, 2.45) is 11.7 Å². The van der Waals surface area contributed by atoms with Crippen molar-refractivity contribution in [3.05, 3.63) is 29.0 Å². The maximum atomic E-state index is 13.0. The normalized spacial score (nSPS) is 17.8. The Labute approximate surface area is 126 Å². The van der Waals surface area contributed by atoms with E-state index in [1.54, 1.807) is 4.90 Å². The molecule has 0 unspecified atom stereocenters. The van der Waals surface area contributed by atoms with Gasteiger partial charge < -0.3 is 15.4 Å². The quantitative estimate of drug-likeness (QED) is 0.897. The van der Waals surface area contributed by atoms with Crippen LogP contribution in [0.15, 0.2) is 18.2 Å². The van der Waals surface area contributed by atoms with E-state index < -0.39 is 5.82 Å². The zero-order chi connectivity index (χ0) is 15.4. The number of nitrogens with zero attached hydrogens (tertiary/aromatic N) is 1. The summed E-state index contributed by atoms with van der Waals surface area (Å²) in [5, 5.41) is -0.0253. The molecule has 1 saturated heterocycles. The van der Waals surface area contributed by atoms with Crippen LogP contribution in [0, 0.1) is 11.7 Å². The van der Waals surface area contributed by atoms with Crippen molar-refractivity contribution in [3.63, 3.8) is 0 Å². The van der Waals surface area contributed by atoms with E-state index in [9.17, 15) is 14.0 Å². The van der Waals surface area contributed by atoms with Gasteiger partial charge in [-0.3, -0.25) is 9.59 Å². The molecule has 0 aromatic heterocycles. The molecule has 1 heterocycles. The van der Waals surface area contributed by atoms with Crippen LogP contribution in [0.25, 0.3) is 0 Å². The third-order valence-electron chi connectivity index (χ3n) is 3.42. The molecule has 2 rings (SSSR count). The van der Waals surface area contributed by atoms with Gasteiger partial charge >= 0.3 is 0 Å². The lowest BCUT2D eigenvalue weighted by Gasteiger charge is -2.16. The molecule has 114 valence electrons. The van der Waals surface area contributed by atoms with E-state index >= 15 is 0 Å². The molecule has 0 bridgehead atoms. The monoisotopic (exact) mass is 314 g/mol. The van der Waals surface area contributed by atoms with Gasteiger partial charge in [-0.05, 0) is 18.6 Å². The van der Waals surface area contributed by atoms with Crippen molar-refractivity contribution in [1.82, 2.24) is 4.90 Å². The average molecular weight is 315 g/mol. The Bertz CT molecular complexity index is 553. The molecule has 1 aliphatic rings. The number of nitrogens with two attached hydrogens (primary N) is 1. The van der Waals surface area contributed by atoms with E-state index in [2.05, 4.69) is 0 Å². The minimum atomic E-state index is -0.519. The van der Waals surface area contributed by atoms with Crippen LogP contribution in [-0.2, 0) is 9.59 Å². The fourth-order valence-electron chi connectivity index (χ4n) is 2.20. The van der Waals surface area contributed by atoms with Crippen LogP contribution in [0.3, 0.4) is 0 Å². The molecule has 21 heavy (non-hydrogen) atoms. The summed E-state index contributed by atoms with van der Waals surface area (Å²) in [7, 11) is 0. The molecule has 0 aliphatic carbocycles. The average Bonchev–Trinajstić information content (AvgIpc) is 2.92. The molecule has 1 aliphatic heterocycles. The molecule has 1 aromatic carbocycles. The van der Waals surface area contributed by atoms with Gasteiger partial charge in [-0.2, -0.15) is 0 Å². The molecule has 1 fully saturated rings. The predicted molar refractivity (Wildman–Crippen MR) is 75.4 cm³/mol. The first-order valence-corrected chi connectivity index (χ1v) is 7.00.